The minimum absolute atomic E-state index is 0.0769. The highest BCUT2D eigenvalue weighted by Gasteiger charge is 2.45. The van der Waals surface area contributed by atoms with Crippen molar-refractivity contribution in [3.63, 3.8) is 0 Å². The van der Waals surface area contributed by atoms with E-state index in [0.717, 1.165) is 5.56 Å². The van der Waals surface area contributed by atoms with Gasteiger partial charge in [0.25, 0.3) is 0 Å². The van der Waals surface area contributed by atoms with Crippen LogP contribution in [0.15, 0.2) is 40.9 Å². The fraction of sp³-hybridized carbons (Fsp3) is 0.375. The SMILES string of the molecule is O=C(NCc1cc(-c2ccccc2)no1)C1CC(C(F)(F)F)CN1. The lowest BCUT2D eigenvalue weighted by Gasteiger charge is -2.13. The van der Waals surface area contributed by atoms with Crippen molar-refractivity contribution in [2.75, 3.05) is 6.54 Å². The van der Waals surface area contributed by atoms with Gasteiger partial charge in [-0.1, -0.05) is 35.5 Å². The number of halogens is 3. The summed E-state index contributed by atoms with van der Waals surface area (Å²) in [7, 11) is 0. The molecule has 1 amide bonds. The summed E-state index contributed by atoms with van der Waals surface area (Å²) in [4.78, 5) is 12.0. The average Bonchev–Trinajstić information content (AvgIpc) is 3.22. The number of amides is 1. The molecular weight excluding hydrogens is 323 g/mol. The Morgan fingerprint density at radius 1 is 1.33 bits per heavy atom. The predicted molar refractivity (Wildman–Crippen MR) is 79.7 cm³/mol. The minimum atomic E-state index is -4.28. The van der Waals surface area contributed by atoms with Crippen LogP contribution in [0.5, 0.6) is 0 Å². The summed E-state index contributed by atoms with van der Waals surface area (Å²) in [6.45, 7) is -0.157. The molecule has 2 N–H and O–H groups in total. The van der Waals surface area contributed by atoms with Crippen LogP contribution in [0.4, 0.5) is 13.2 Å². The first kappa shape index (κ1) is 16.5. The lowest BCUT2D eigenvalue weighted by molar-refractivity contribution is -0.169. The third kappa shape index (κ3) is 3.76. The Labute approximate surface area is 136 Å². The summed E-state index contributed by atoms with van der Waals surface area (Å²) in [6, 6.07) is 10.2. The number of rotatable bonds is 4. The second kappa shape index (κ2) is 6.64. The topological polar surface area (TPSA) is 67.2 Å². The minimum Gasteiger partial charge on any atom is -0.359 e. The zero-order valence-electron chi connectivity index (χ0n) is 12.6. The van der Waals surface area contributed by atoms with Gasteiger partial charge in [-0.2, -0.15) is 13.2 Å². The molecule has 1 fully saturated rings. The van der Waals surface area contributed by atoms with Gasteiger partial charge in [0.05, 0.1) is 18.5 Å². The number of benzene rings is 1. The Morgan fingerprint density at radius 2 is 2.08 bits per heavy atom. The summed E-state index contributed by atoms with van der Waals surface area (Å²) in [5, 5.41) is 9.09. The van der Waals surface area contributed by atoms with E-state index in [4.69, 9.17) is 4.52 Å². The molecule has 0 spiro atoms. The highest BCUT2D eigenvalue weighted by atomic mass is 19.4. The molecule has 1 aliphatic heterocycles. The van der Waals surface area contributed by atoms with Gasteiger partial charge in [0.15, 0.2) is 5.76 Å². The quantitative estimate of drug-likeness (QED) is 0.898. The molecule has 3 rings (SSSR count). The first-order valence-corrected chi connectivity index (χ1v) is 7.52. The smallest absolute Gasteiger partial charge is 0.359 e. The maximum absolute atomic E-state index is 12.6. The summed E-state index contributed by atoms with van der Waals surface area (Å²) in [5.41, 5.74) is 1.51. The molecule has 5 nitrogen and oxygen atoms in total. The zero-order chi connectivity index (χ0) is 17.2. The van der Waals surface area contributed by atoms with Gasteiger partial charge >= 0.3 is 6.18 Å². The normalized spacial score (nSPS) is 21.0. The number of hydrogen-bond donors (Lipinski definition) is 2. The van der Waals surface area contributed by atoms with E-state index in [1.807, 2.05) is 30.3 Å². The first-order chi connectivity index (χ1) is 11.4. The third-order valence-corrected chi connectivity index (χ3v) is 3.98. The molecule has 2 aromatic rings. The molecule has 1 saturated heterocycles. The van der Waals surface area contributed by atoms with E-state index < -0.39 is 24.0 Å². The third-order valence-electron chi connectivity index (χ3n) is 3.98. The van der Waals surface area contributed by atoms with Crippen LogP contribution in [0.2, 0.25) is 0 Å². The Hall–Kier alpha value is -2.35. The number of hydrogen-bond acceptors (Lipinski definition) is 4. The van der Waals surface area contributed by atoms with Crippen molar-refractivity contribution < 1.29 is 22.5 Å². The second-order valence-electron chi connectivity index (χ2n) is 5.70. The van der Waals surface area contributed by atoms with Crippen molar-refractivity contribution in [2.24, 2.45) is 5.92 Å². The van der Waals surface area contributed by atoms with Crippen LogP contribution in [0.1, 0.15) is 12.2 Å². The van der Waals surface area contributed by atoms with Crippen LogP contribution in [0.3, 0.4) is 0 Å². The summed E-state index contributed by atoms with van der Waals surface area (Å²) >= 11 is 0. The van der Waals surface area contributed by atoms with Crippen molar-refractivity contribution in [3.05, 3.63) is 42.2 Å². The maximum Gasteiger partial charge on any atom is 0.393 e. The Kier molecular flexibility index (Phi) is 4.57. The van der Waals surface area contributed by atoms with Gasteiger partial charge in [-0.05, 0) is 6.42 Å². The molecule has 1 aliphatic rings. The predicted octanol–water partition coefficient (Wildman–Crippen LogP) is 2.50. The lowest BCUT2D eigenvalue weighted by Crippen LogP contribution is -2.39. The monoisotopic (exact) mass is 339 g/mol. The fourth-order valence-electron chi connectivity index (χ4n) is 2.62. The lowest BCUT2D eigenvalue weighted by atomic mass is 10.1. The Balaban J connectivity index is 1.53. The second-order valence-corrected chi connectivity index (χ2v) is 5.70. The average molecular weight is 339 g/mol. The molecule has 0 radical (unpaired) electrons. The van der Waals surface area contributed by atoms with Crippen molar-refractivity contribution in [1.29, 1.82) is 0 Å². The van der Waals surface area contributed by atoms with Gasteiger partial charge < -0.3 is 15.2 Å². The largest absolute Gasteiger partial charge is 0.393 e. The molecule has 1 aromatic carbocycles. The van der Waals surface area contributed by atoms with Crippen LogP contribution < -0.4 is 10.6 Å². The van der Waals surface area contributed by atoms with Crippen LogP contribution in [-0.4, -0.2) is 29.8 Å². The van der Waals surface area contributed by atoms with Gasteiger partial charge in [0.2, 0.25) is 5.91 Å². The molecule has 0 aliphatic carbocycles. The van der Waals surface area contributed by atoms with E-state index in [1.54, 1.807) is 6.07 Å². The van der Waals surface area contributed by atoms with Crippen LogP contribution in [-0.2, 0) is 11.3 Å². The van der Waals surface area contributed by atoms with Crippen molar-refractivity contribution in [3.8, 4) is 11.3 Å². The molecule has 8 heteroatoms. The highest BCUT2D eigenvalue weighted by Crippen LogP contribution is 2.32. The molecule has 0 bridgehead atoms. The number of alkyl halides is 3. The molecular formula is C16H16F3N3O2. The number of aromatic nitrogens is 1. The van der Waals surface area contributed by atoms with Gasteiger partial charge in [0, 0.05) is 18.2 Å². The molecule has 2 unspecified atom stereocenters. The van der Waals surface area contributed by atoms with E-state index in [9.17, 15) is 18.0 Å². The van der Waals surface area contributed by atoms with Crippen LogP contribution >= 0.6 is 0 Å². The number of carbonyl (C=O) groups is 1. The number of carbonyl (C=O) groups excluding carboxylic acids is 1. The summed E-state index contributed by atoms with van der Waals surface area (Å²) in [5.74, 6) is -1.52. The van der Waals surface area contributed by atoms with Gasteiger partial charge in [-0.15, -0.1) is 0 Å². The molecule has 128 valence electrons. The van der Waals surface area contributed by atoms with E-state index in [-0.39, 0.29) is 19.5 Å². The van der Waals surface area contributed by atoms with Crippen molar-refractivity contribution in [2.45, 2.75) is 25.2 Å². The summed E-state index contributed by atoms with van der Waals surface area (Å²) < 4.78 is 43.0. The Morgan fingerprint density at radius 3 is 2.75 bits per heavy atom. The molecule has 1 aromatic heterocycles. The van der Waals surface area contributed by atoms with Gasteiger partial charge in [0.1, 0.15) is 5.69 Å². The number of nitrogens with zero attached hydrogens (tertiary/aromatic N) is 1. The van der Waals surface area contributed by atoms with Crippen molar-refractivity contribution >= 4 is 5.91 Å². The standard InChI is InChI=1S/C16H16F3N3O2/c17-16(18,19)11-6-14(20-8-11)15(23)21-9-12-7-13(22-24-12)10-4-2-1-3-5-10/h1-5,7,11,14,20H,6,8-9H2,(H,21,23). The number of nitrogens with one attached hydrogen (secondary N) is 2. The van der Waals surface area contributed by atoms with Crippen LogP contribution in [0, 0.1) is 5.92 Å². The van der Waals surface area contributed by atoms with E-state index in [0.29, 0.717) is 11.5 Å². The molecule has 2 atom stereocenters. The summed E-state index contributed by atoms with van der Waals surface area (Å²) in [6.07, 6.45) is -4.53. The van der Waals surface area contributed by atoms with E-state index >= 15 is 0 Å². The van der Waals surface area contributed by atoms with Gasteiger partial charge in [-0.25, -0.2) is 0 Å². The van der Waals surface area contributed by atoms with Crippen LogP contribution in [0.25, 0.3) is 11.3 Å². The van der Waals surface area contributed by atoms with E-state index in [2.05, 4.69) is 15.8 Å². The first-order valence-electron chi connectivity index (χ1n) is 7.52. The zero-order valence-corrected chi connectivity index (χ0v) is 12.6. The molecule has 0 saturated carbocycles. The van der Waals surface area contributed by atoms with Crippen molar-refractivity contribution in [1.82, 2.24) is 15.8 Å². The molecule has 24 heavy (non-hydrogen) atoms. The molecule has 2 heterocycles. The fourth-order valence-corrected chi connectivity index (χ4v) is 2.62. The van der Waals surface area contributed by atoms with E-state index in [1.165, 1.54) is 0 Å². The highest BCUT2D eigenvalue weighted by molar-refractivity contribution is 5.82. The maximum atomic E-state index is 12.6. The Bertz CT molecular complexity index is 700. The van der Waals surface area contributed by atoms with Gasteiger partial charge in [-0.3, -0.25) is 4.79 Å².